The number of thiophene rings is 1. The second kappa shape index (κ2) is 14.0. The summed E-state index contributed by atoms with van der Waals surface area (Å²) in [4.78, 5) is 28.6. The predicted molar refractivity (Wildman–Crippen MR) is 162 cm³/mol. The highest BCUT2D eigenvalue weighted by molar-refractivity contribution is 8.07. The van der Waals surface area contributed by atoms with E-state index in [1.807, 2.05) is 37.3 Å². The molecule has 2 aromatic rings. The fourth-order valence-electron chi connectivity index (χ4n) is 5.33. The molecule has 2 aliphatic rings. The SMILES string of the molecule is CCCCOC(=O)S(=O)(=O)Nc1sc(CC(C)C)cc1-c1ccc(CN(C(=O)CC2CCCCC2)C2CC2)cc1. The van der Waals surface area contributed by atoms with Crippen LogP contribution in [0.4, 0.5) is 9.80 Å². The van der Waals surface area contributed by atoms with Gasteiger partial charge in [-0.05, 0) is 67.6 Å². The number of benzene rings is 1. The molecule has 0 aliphatic heterocycles. The number of carbonyl (C=O) groups is 2. The summed E-state index contributed by atoms with van der Waals surface area (Å²) in [5, 5.41) is -0.836. The van der Waals surface area contributed by atoms with Crippen LogP contribution in [0, 0.1) is 11.8 Å². The maximum absolute atomic E-state index is 13.2. The van der Waals surface area contributed by atoms with Crippen LogP contribution in [0.2, 0.25) is 0 Å². The third kappa shape index (κ3) is 8.56. The average Bonchev–Trinajstić information content (AvgIpc) is 3.69. The Labute approximate surface area is 243 Å². The number of amides is 1. The minimum absolute atomic E-state index is 0.0780. The van der Waals surface area contributed by atoms with Crippen LogP contribution in [0.15, 0.2) is 30.3 Å². The highest BCUT2D eigenvalue weighted by atomic mass is 32.2. The molecule has 7 nitrogen and oxygen atoms in total. The monoisotopic (exact) mass is 588 g/mol. The lowest BCUT2D eigenvalue weighted by Gasteiger charge is -2.27. The highest BCUT2D eigenvalue weighted by Crippen LogP contribution is 2.39. The Balaban J connectivity index is 1.49. The molecular weight excluding hydrogens is 544 g/mol. The van der Waals surface area contributed by atoms with Gasteiger partial charge in [-0.15, -0.1) is 11.3 Å². The van der Waals surface area contributed by atoms with Crippen LogP contribution >= 0.6 is 11.3 Å². The van der Waals surface area contributed by atoms with Crippen molar-refractivity contribution in [3.8, 4) is 11.1 Å². The zero-order chi connectivity index (χ0) is 28.7. The van der Waals surface area contributed by atoms with Crippen molar-refractivity contribution in [2.24, 2.45) is 11.8 Å². The quantitative estimate of drug-likeness (QED) is 0.191. The summed E-state index contributed by atoms with van der Waals surface area (Å²) >= 11 is 1.35. The van der Waals surface area contributed by atoms with E-state index >= 15 is 0 Å². The maximum Gasteiger partial charge on any atom is 0.445 e. The van der Waals surface area contributed by atoms with Gasteiger partial charge in [0.25, 0.3) is 0 Å². The molecule has 4 rings (SSSR count). The number of hydrogen-bond acceptors (Lipinski definition) is 6. The minimum Gasteiger partial charge on any atom is -0.453 e. The van der Waals surface area contributed by atoms with Gasteiger partial charge < -0.3 is 9.64 Å². The van der Waals surface area contributed by atoms with E-state index in [1.165, 1.54) is 43.4 Å². The van der Waals surface area contributed by atoms with Crippen molar-refractivity contribution in [3.05, 3.63) is 40.8 Å². The van der Waals surface area contributed by atoms with E-state index in [0.717, 1.165) is 47.3 Å². The Morgan fingerprint density at radius 2 is 1.77 bits per heavy atom. The molecule has 1 aromatic heterocycles. The van der Waals surface area contributed by atoms with Gasteiger partial charge >= 0.3 is 15.3 Å². The summed E-state index contributed by atoms with van der Waals surface area (Å²) in [6, 6.07) is 10.4. The molecule has 0 spiro atoms. The Morgan fingerprint density at radius 1 is 1.07 bits per heavy atom. The van der Waals surface area contributed by atoms with E-state index in [9.17, 15) is 18.0 Å². The van der Waals surface area contributed by atoms with Gasteiger partial charge in [0, 0.05) is 29.4 Å². The number of rotatable bonds is 13. The number of unbranched alkanes of at least 4 members (excludes halogenated alkanes) is 1. The first kappa shape index (κ1) is 30.6. The van der Waals surface area contributed by atoms with Gasteiger partial charge in [0.05, 0.1) is 6.61 Å². The Hall–Kier alpha value is -2.39. The molecule has 1 heterocycles. The van der Waals surface area contributed by atoms with Crippen molar-refractivity contribution in [2.75, 3.05) is 11.3 Å². The van der Waals surface area contributed by atoms with E-state index in [1.54, 1.807) is 0 Å². The van der Waals surface area contributed by atoms with Gasteiger partial charge in [-0.25, -0.2) is 4.79 Å². The number of nitrogens with one attached hydrogen (secondary N) is 1. The molecule has 2 saturated carbocycles. The molecule has 9 heteroatoms. The van der Waals surface area contributed by atoms with Gasteiger partial charge in [-0.3, -0.25) is 9.52 Å². The van der Waals surface area contributed by atoms with Crippen LogP contribution < -0.4 is 4.72 Å². The van der Waals surface area contributed by atoms with E-state index < -0.39 is 15.3 Å². The van der Waals surface area contributed by atoms with Crippen LogP contribution in [-0.4, -0.2) is 37.2 Å². The van der Waals surface area contributed by atoms with E-state index in [2.05, 4.69) is 23.5 Å². The molecule has 1 aromatic carbocycles. The van der Waals surface area contributed by atoms with E-state index in [0.29, 0.717) is 42.3 Å². The van der Waals surface area contributed by atoms with Crippen molar-refractivity contribution < 1.29 is 22.7 Å². The zero-order valence-electron chi connectivity index (χ0n) is 24.1. The second-order valence-electron chi connectivity index (χ2n) is 11.8. The molecule has 1 N–H and O–H groups in total. The fourth-order valence-corrected chi connectivity index (χ4v) is 7.64. The molecule has 1 amide bonds. The van der Waals surface area contributed by atoms with Gasteiger partial charge in [-0.2, -0.15) is 8.42 Å². The highest BCUT2D eigenvalue weighted by Gasteiger charge is 2.33. The molecule has 0 radical (unpaired) electrons. The van der Waals surface area contributed by atoms with Gasteiger partial charge in [0.2, 0.25) is 5.91 Å². The summed E-state index contributed by atoms with van der Waals surface area (Å²) in [7, 11) is -4.33. The number of nitrogens with zero attached hydrogens (tertiary/aromatic N) is 1. The standard InChI is InChI=1S/C31H44N2O5S2/c1-4-5-17-38-31(35)40(36,37)32-30-28(20-27(39-30)18-22(2)3)25-13-11-24(12-14-25)21-33(26-15-16-26)29(34)19-23-9-7-6-8-10-23/h11-14,20,22-23,26,32H,4-10,15-19,21H2,1-3H3. The van der Waals surface area contributed by atoms with Crippen LogP contribution in [0.1, 0.15) is 95.4 Å². The Kier molecular flexibility index (Phi) is 10.7. The lowest BCUT2D eigenvalue weighted by Crippen LogP contribution is -2.34. The number of anilines is 1. The zero-order valence-corrected chi connectivity index (χ0v) is 25.7. The molecule has 2 aliphatic carbocycles. The maximum atomic E-state index is 13.2. The first-order valence-electron chi connectivity index (χ1n) is 14.9. The smallest absolute Gasteiger partial charge is 0.445 e. The number of ether oxygens (including phenoxy) is 1. The average molecular weight is 589 g/mol. The van der Waals surface area contributed by atoms with E-state index in [-0.39, 0.29) is 12.5 Å². The Bertz CT molecular complexity index is 1240. The third-order valence-electron chi connectivity index (χ3n) is 7.67. The van der Waals surface area contributed by atoms with Crippen molar-refractivity contribution in [2.45, 2.75) is 104 Å². The number of sulfonamides is 1. The minimum atomic E-state index is -4.33. The van der Waals surface area contributed by atoms with Crippen LogP contribution in [0.25, 0.3) is 11.1 Å². The molecular formula is C31H44N2O5S2. The normalized spacial score (nSPS) is 16.2. The Morgan fingerprint density at radius 3 is 2.40 bits per heavy atom. The lowest BCUT2D eigenvalue weighted by molar-refractivity contribution is -0.133. The van der Waals surface area contributed by atoms with Crippen LogP contribution in [0.3, 0.4) is 0 Å². The predicted octanol–water partition coefficient (Wildman–Crippen LogP) is 7.75. The number of hydrogen-bond donors (Lipinski definition) is 1. The first-order valence-corrected chi connectivity index (χ1v) is 17.2. The number of carbonyl (C=O) groups excluding carboxylic acids is 2. The molecule has 0 saturated heterocycles. The van der Waals surface area contributed by atoms with Gasteiger partial charge in [0.15, 0.2) is 0 Å². The van der Waals surface area contributed by atoms with E-state index in [4.69, 9.17) is 4.74 Å². The summed E-state index contributed by atoms with van der Waals surface area (Å²) in [5.41, 5.74) is 2.66. The van der Waals surface area contributed by atoms with Crippen molar-refractivity contribution in [3.63, 3.8) is 0 Å². The lowest BCUT2D eigenvalue weighted by atomic mass is 9.86. The molecule has 0 bridgehead atoms. The summed E-state index contributed by atoms with van der Waals surface area (Å²) in [6.45, 7) is 6.85. The van der Waals surface area contributed by atoms with Crippen molar-refractivity contribution in [1.29, 1.82) is 0 Å². The van der Waals surface area contributed by atoms with Crippen LogP contribution in [-0.2, 0) is 32.5 Å². The molecule has 0 unspecified atom stereocenters. The van der Waals surface area contributed by atoms with Gasteiger partial charge in [-0.1, -0.05) is 70.7 Å². The van der Waals surface area contributed by atoms with Crippen molar-refractivity contribution >= 4 is 37.6 Å². The fraction of sp³-hybridized carbons (Fsp3) is 0.613. The van der Waals surface area contributed by atoms with Crippen molar-refractivity contribution in [1.82, 2.24) is 4.90 Å². The van der Waals surface area contributed by atoms with Crippen LogP contribution in [0.5, 0.6) is 0 Å². The molecule has 40 heavy (non-hydrogen) atoms. The topological polar surface area (TPSA) is 92.8 Å². The first-order chi connectivity index (χ1) is 19.2. The molecule has 0 atom stereocenters. The third-order valence-corrected chi connectivity index (χ3v) is 9.90. The second-order valence-corrected chi connectivity index (χ2v) is 14.4. The summed E-state index contributed by atoms with van der Waals surface area (Å²) in [5.74, 6) is 1.20. The summed E-state index contributed by atoms with van der Waals surface area (Å²) in [6.07, 6.45) is 11.1. The van der Waals surface area contributed by atoms with Gasteiger partial charge in [0.1, 0.15) is 5.00 Å². The molecule has 220 valence electrons. The molecule has 2 fully saturated rings. The largest absolute Gasteiger partial charge is 0.453 e. The summed E-state index contributed by atoms with van der Waals surface area (Å²) < 4.78 is 32.9.